The number of thioether (sulfide) groups is 1. The van der Waals surface area contributed by atoms with Crippen LogP contribution in [0.4, 0.5) is 0 Å². The minimum absolute atomic E-state index is 0.0219. The van der Waals surface area contributed by atoms with Crippen LogP contribution in [0.2, 0.25) is 0 Å². The number of morpholine rings is 1. The molecule has 2 aliphatic rings. The highest BCUT2D eigenvalue weighted by Crippen LogP contribution is 2.41. The number of hydrogen-bond acceptors (Lipinski definition) is 6. The first-order valence-electron chi connectivity index (χ1n) is 8.12. The van der Waals surface area contributed by atoms with Crippen molar-refractivity contribution in [1.29, 1.82) is 0 Å². The SMILES string of the molecule is COc1ccc(C2SCC(=O)N2CC(=O)N2CCOCC2)cc1OC. The molecule has 25 heavy (non-hydrogen) atoms. The Morgan fingerprint density at radius 2 is 1.96 bits per heavy atom. The van der Waals surface area contributed by atoms with Crippen molar-refractivity contribution in [3.8, 4) is 11.5 Å². The largest absolute Gasteiger partial charge is 0.493 e. The molecule has 1 unspecified atom stereocenters. The molecule has 1 atom stereocenters. The maximum absolute atomic E-state index is 12.5. The summed E-state index contributed by atoms with van der Waals surface area (Å²) in [5.74, 6) is 1.56. The number of hydrogen-bond donors (Lipinski definition) is 0. The van der Waals surface area contributed by atoms with Crippen molar-refractivity contribution in [2.45, 2.75) is 5.37 Å². The molecule has 3 rings (SSSR count). The summed E-state index contributed by atoms with van der Waals surface area (Å²) in [6.07, 6.45) is 0. The Balaban J connectivity index is 1.76. The van der Waals surface area contributed by atoms with Gasteiger partial charge in [-0.05, 0) is 17.7 Å². The molecular weight excluding hydrogens is 344 g/mol. The highest BCUT2D eigenvalue weighted by atomic mass is 32.2. The van der Waals surface area contributed by atoms with Crippen molar-refractivity contribution in [3.05, 3.63) is 23.8 Å². The lowest BCUT2D eigenvalue weighted by Gasteiger charge is -2.30. The lowest BCUT2D eigenvalue weighted by molar-refractivity contribution is -0.141. The Morgan fingerprint density at radius 1 is 1.24 bits per heavy atom. The summed E-state index contributed by atoms with van der Waals surface area (Å²) < 4.78 is 15.9. The summed E-state index contributed by atoms with van der Waals surface area (Å²) in [6, 6.07) is 5.59. The first kappa shape index (κ1) is 17.9. The van der Waals surface area contributed by atoms with E-state index in [-0.39, 0.29) is 23.7 Å². The van der Waals surface area contributed by atoms with Crippen molar-refractivity contribution >= 4 is 23.6 Å². The molecule has 8 heteroatoms. The van der Waals surface area contributed by atoms with E-state index in [0.717, 1.165) is 5.56 Å². The van der Waals surface area contributed by atoms with Gasteiger partial charge in [0.25, 0.3) is 0 Å². The van der Waals surface area contributed by atoms with Crippen molar-refractivity contribution in [1.82, 2.24) is 9.80 Å². The number of methoxy groups -OCH3 is 2. The van der Waals surface area contributed by atoms with Crippen LogP contribution in [-0.2, 0) is 14.3 Å². The van der Waals surface area contributed by atoms with Crippen LogP contribution in [0, 0.1) is 0 Å². The fourth-order valence-electron chi connectivity index (χ4n) is 2.97. The Kier molecular flexibility index (Phi) is 5.70. The van der Waals surface area contributed by atoms with Gasteiger partial charge < -0.3 is 24.0 Å². The number of nitrogens with zero attached hydrogens (tertiary/aromatic N) is 2. The van der Waals surface area contributed by atoms with E-state index in [1.165, 1.54) is 11.8 Å². The predicted molar refractivity (Wildman–Crippen MR) is 93.9 cm³/mol. The van der Waals surface area contributed by atoms with Gasteiger partial charge in [0.05, 0.1) is 33.2 Å². The fraction of sp³-hybridized carbons (Fsp3) is 0.529. The first-order valence-corrected chi connectivity index (χ1v) is 9.17. The van der Waals surface area contributed by atoms with Crippen LogP contribution in [-0.4, -0.2) is 74.4 Å². The molecule has 7 nitrogen and oxygen atoms in total. The van der Waals surface area contributed by atoms with E-state index in [4.69, 9.17) is 14.2 Å². The van der Waals surface area contributed by atoms with Gasteiger partial charge in [0.15, 0.2) is 11.5 Å². The lowest BCUT2D eigenvalue weighted by atomic mass is 10.1. The van der Waals surface area contributed by atoms with Crippen molar-refractivity contribution in [3.63, 3.8) is 0 Å². The topological polar surface area (TPSA) is 68.3 Å². The monoisotopic (exact) mass is 366 g/mol. The van der Waals surface area contributed by atoms with Crippen molar-refractivity contribution < 1.29 is 23.8 Å². The van der Waals surface area contributed by atoms with E-state index in [2.05, 4.69) is 0 Å². The molecule has 2 saturated heterocycles. The standard InChI is InChI=1S/C17H22N2O5S/c1-22-13-4-3-12(9-14(13)23-2)17-19(16(21)11-25-17)10-15(20)18-5-7-24-8-6-18/h3-4,9,17H,5-8,10-11H2,1-2H3. The average Bonchev–Trinajstić information content (AvgIpc) is 3.02. The molecule has 0 aliphatic carbocycles. The second-order valence-corrected chi connectivity index (χ2v) is 6.86. The predicted octanol–water partition coefficient (Wildman–Crippen LogP) is 1.14. The molecule has 0 radical (unpaired) electrons. The van der Waals surface area contributed by atoms with Gasteiger partial charge in [-0.2, -0.15) is 0 Å². The summed E-state index contributed by atoms with van der Waals surface area (Å²) in [5, 5.41) is -0.197. The molecule has 136 valence electrons. The third-order valence-electron chi connectivity index (χ3n) is 4.33. The zero-order valence-corrected chi connectivity index (χ0v) is 15.2. The quantitative estimate of drug-likeness (QED) is 0.778. The first-order chi connectivity index (χ1) is 12.1. The molecule has 1 aromatic rings. The number of amides is 2. The Hall–Kier alpha value is -1.93. The highest BCUT2D eigenvalue weighted by Gasteiger charge is 2.35. The normalized spacial score (nSPS) is 20.7. The molecule has 0 saturated carbocycles. The van der Waals surface area contributed by atoms with Gasteiger partial charge in [0.2, 0.25) is 11.8 Å². The van der Waals surface area contributed by atoms with Crippen LogP contribution in [0.25, 0.3) is 0 Å². The van der Waals surface area contributed by atoms with E-state index >= 15 is 0 Å². The van der Waals surface area contributed by atoms with E-state index in [0.29, 0.717) is 43.6 Å². The molecule has 1 aromatic carbocycles. The Bertz CT molecular complexity index is 648. The van der Waals surface area contributed by atoms with Crippen molar-refractivity contribution in [2.24, 2.45) is 0 Å². The maximum atomic E-state index is 12.5. The van der Waals surface area contributed by atoms with Gasteiger partial charge in [-0.1, -0.05) is 6.07 Å². The maximum Gasteiger partial charge on any atom is 0.242 e. The number of carbonyl (C=O) groups excluding carboxylic acids is 2. The smallest absolute Gasteiger partial charge is 0.242 e. The van der Waals surface area contributed by atoms with Crippen LogP contribution in [0.5, 0.6) is 11.5 Å². The molecule has 2 aliphatic heterocycles. The molecule has 2 amide bonds. The van der Waals surface area contributed by atoms with Crippen molar-refractivity contribution in [2.75, 3.05) is 52.8 Å². The summed E-state index contributed by atoms with van der Waals surface area (Å²) in [5.41, 5.74) is 0.920. The summed E-state index contributed by atoms with van der Waals surface area (Å²) in [6.45, 7) is 2.34. The number of benzene rings is 1. The molecule has 2 fully saturated rings. The second-order valence-electron chi connectivity index (χ2n) is 5.79. The Labute approximate surface area is 151 Å². The van der Waals surface area contributed by atoms with E-state index in [1.54, 1.807) is 24.0 Å². The lowest BCUT2D eigenvalue weighted by Crippen LogP contribution is -2.46. The third kappa shape index (κ3) is 3.85. The van der Waals surface area contributed by atoms with Crippen LogP contribution in [0.1, 0.15) is 10.9 Å². The van der Waals surface area contributed by atoms with Gasteiger partial charge in [0.1, 0.15) is 11.9 Å². The summed E-state index contributed by atoms with van der Waals surface area (Å²) in [4.78, 5) is 28.2. The highest BCUT2D eigenvalue weighted by molar-refractivity contribution is 8.00. The Morgan fingerprint density at radius 3 is 2.64 bits per heavy atom. The fourth-order valence-corrected chi connectivity index (χ4v) is 4.14. The van der Waals surface area contributed by atoms with Crippen LogP contribution < -0.4 is 9.47 Å². The van der Waals surface area contributed by atoms with Gasteiger partial charge in [0, 0.05) is 13.1 Å². The number of carbonyl (C=O) groups is 2. The van der Waals surface area contributed by atoms with E-state index in [9.17, 15) is 9.59 Å². The second kappa shape index (κ2) is 7.97. The molecule has 2 heterocycles. The summed E-state index contributed by atoms with van der Waals surface area (Å²) in [7, 11) is 3.16. The summed E-state index contributed by atoms with van der Waals surface area (Å²) >= 11 is 1.52. The number of ether oxygens (including phenoxy) is 3. The molecule has 0 aromatic heterocycles. The zero-order chi connectivity index (χ0) is 17.8. The zero-order valence-electron chi connectivity index (χ0n) is 14.4. The molecular formula is C17H22N2O5S. The van der Waals surface area contributed by atoms with Crippen LogP contribution >= 0.6 is 11.8 Å². The molecule has 0 spiro atoms. The van der Waals surface area contributed by atoms with Gasteiger partial charge in [-0.25, -0.2) is 0 Å². The van der Waals surface area contributed by atoms with Gasteiger partial charge in [-0.3, -0.25) is 9.59 Å². The molecule has 0 bridgehead atoms. The number of rotatable bonds is 5. The van der Waals surface area contributed by atoms with E-state index in [1.807, 2.05) is 18.2 Å². The average molecular weight is 366 g/mol. The van der Waals surface area contributed by atoms with Gasteiger partial charge >= 0.3 is 0 Å². The third-order valence-corrected chi connectivity index (χ3v) is 5.59. The van der Waals surface area contributed by atoms with Gasteiger partial charge in [-0.15, -0.1) is 11.8 Å². The molecule has 0 N–H and O–H groups in total. The minimum atomic E-state index is -0.197. The van der Waals surface area contributed by atoms with Crippen LogP contribution in [0.3, 0.4) is 0 Å². The van der Waals surface area contributed by atoms with E-state index < -0.39 is 0 Å². The van der Waals surface area contributed by atoms with Crippen LogP contribution in [0.15, 0.2) is 18.2 Å². The minimum Gasteiger partial charge on any atom is -0.493 e.